The van der Waals surface area contributed by atoms with E-state index in [1.165, 1.54) is 4.31 Å². The van der Waals surface area contributed by atoms with Gasteiger partial charge in [-0.3, -0.25) is 0 Å². The summed E-state index contributed by atoms with van der Waals surface area (Å²) in [6, 6.07) is 12.8. The van der Waals surface area contributed by atoms with E-state index < -0.39 is 10.0 Å². The van der Waals surface area contributed by atoms with E-state index in [2.05, 4.69) is 0 Å². The third-order valence-corrected chi connectivity index (χ3v) is 6.68. The summed E-state index contributed by atoms with van der Waals surface area (Å²) in [5.41, 5.74) is 0.965. The van der Waals surface area contributed by atoms with Gasteiger partial charge in [-0.15, -0.1) is 11.3 Å². The lowest BCUT2D eigenvalue weighted by atomic mass is 10.2. The highest BCUT2D eigenvalue weighted by Crippen LogP contribution is 2.28. The summed E-state index contributed by atoms with van der Waals surface area (Å²) in [5.74, 6) is 0. The number of benzene rings is 1. The van der Waals surface area contributed by atoms with Crippen LogP contribution < -0.4 is 0 Å². The van der Waals surface area contributed by atoms with Crippen molar-refractivity contribution in [2.75, 3.05) is 27.2 Å². The van der Waals surface area contributed by atoms with Gasteiger partial charge >= 0.3 is 0 Å². The van der Waals surface area contributed by atoms with Gasteiger partial charge in [-0.2, -0.15) is 4.31 Å². The van der Waals surface area contributed by atoms with Crippen LogP contribution in [0, 0.1) is 0 Å². The largest absolute Gasteiger partial charge is 0.308 e. The van der Waals surface area contributed by atoms with Crippen molar-refractivity contribution in [1.29, 1.82) is 0 Å². The predicted octanol–water partition coefficient (Wildman–Crippen LogP) is 3.15. The second-order valence-electron chi connectivity index (χ2n) is 5.19. The van der Waals surface area contributed by atoms with E-state index in [1.807, 2.05) is 49.3 Å². The quantitative estimate of drug-likeness (QED) is 0.763. The van der Waals surface area contributed by atoms with Crippen LogP contribution in [0.25, 0.3) is 0 Å². The van der Waals surface area contributed by atoms with Crippen molar-refractivity contribution in [3.05, 3.63) is 52.4 Å². The topological polar surface area (TPSA) is 40.6 Å². The summed E-state index contributed by atoms with van der Waals surface area (Å²) in [7, 11) is 0.318. The first-order chi connectivity index (χ1) is 10.4. The maximum absolute atomic E-state index is 12.8. The number of hydrogen-bond acceptors (Lipinski definition) is 4. The Morgan fingerprint density at radius 2 is 1.73 bits per heavy atom. The number of halogens is 1. The second kappa shape index (κ2) is 7.57. The van der Waals surface area contributed by atoms with Crippen LogP contribution in [0.1, 0.15) is 5.56 Å². The molecular formula is C15H19ClN2O2S2. The van der Waals surface area contributed by atoms with Crippen LogP contribution in [0.4, 0.5) is 0 Å². The fraction of sp³-hybridized carbons (Fsp3) is 0.333. The molecule has 0 aliphatic carbocycles. The molecule has 0 fully saturated rings. The Hall–Kier alpha value is -0.920. The fourth-order valence-corrected chi connectivity index (χ4v) is 5.00. The summed E-state index contributed by atoms with van der Waals surface area (Å²) in [5, 5.41) is 0. The van der Waals surface area contributed by atoms with Crippen LogP contribution in [0.3, 0.4) is 0 Å². The van der Waals surface area contributed by atoms with Crippen molar-refractivity contribution >= 4 is 33.0 Å². The number of thiophene rings is 1. The minimum atomic E-state index is -3.53. The van der Waals surface area contributed by atoms with Crippen LogP contribution in [0.2, 0.25) is 4.34 Å². The molecule has 2 aromatic rings. The molecule has 0 unspecified atom stereocenters. The average molecular weight is 359 g/mol. The molecule has 0 radical (unpaired) electrons. The second-order valence-corrected chi connectivity index (χ2v) is 9.07. The monoisotopic (exact) mass is 358 g/mol. The SMILES string of the molecule is CN(C)CCN(Cc1ccccc1)S(=O)(=O)c1ccc(Cl)s1. The summed E-state index contributed by atoms with van der Waals surface area (Å²) in [6.07, 6.45) is 0. The molecule has 0 aliphatic rings. The average Bonchev–Trinajstić information content (AvgIpc) is 2.91. The Balaban J connectivity index is 2.26. The molecule has 0 spiro atoms. The zero-order chi connectivity index (χ0) is 16.2. The van der Waals surface area contributed by atoms with E-state index in [0.29, 0.717) is 24.0 Å². The van der Waals surface area contributed by atoms with Crippen molar-refractivity contribution in [3.63, 3.8) is 0 Å². The minimum Gasteiger partial charge on any atom is -0.308 e. The molecule has 0 saturated heterocycles. The van der Waals surface area contributed by atoms with E-state index in [9.17, 15) is 8.42 Å². The van der Waals surface area contributed by atoms with Gasteiger partial charge in [-0.05, 0) is 31.8 Å². The number of rotatable bonds is 7. The van der Waals surface area contributed by atoms with E-state index in [4.69, 9.17) is 11.6 Å². The van der Waals surface area contributed by atoms with Crippen LogP contribution in [-0.4, -0.2) is 44.8 Å². The normalized spacial score (nSPS) is 12.2. The number of nitrogens with zero attached hydrogens (tertiary/aromatic N) is 2. The van der Waals surface area contributed by atoms with Gasteiger partial charge < -0.3 is 4.90 Å². The molecule has 0 N–H and O–H groups in total. The van der Waals surface area contributed by atoms with Crippen LogP contribution in [-0.2, 0) is 16.6 Å². The van der Waals surface area contributed by atoms with Crippen molar-refractivity contribution in [2.45, 2.75) is 10.8 Å². The van der Waals surface area contributed by atoms with Crippen LogP contribution in [0.15, 0.2) is 46.7 Å². The summed E-state index contributed by atoms with van der Waals surface area (Å²) in [4.78, 5) is 1.97. The molecule has 0 saturated carbocycles. The molecule has 1 heterocycles. The molecule has 0 aliphatic heterocycles. The van der Waals surface area contributed by atoms with Crippen LogP contribution >= 0.6 is 22.9 Å². The van der Waals surface area contributed by atoms with Gasteiger partial charge in [0.25, 0.3) is 10.0 Å². The molecule has 120 valence electrons. The maximum atomic E-state index is 12.8. The predicted molar refractivity (Wildman–Crippen MR) is 91.9 cm³/mol. The van der Waals surface area contributed by atoms with Crippen molar-refractivity contribution in [3.8, 4) is 0 Å². The Kier molecular flexibility index (Phi) is 6.00. The summed E-state index contributed by atoms with van der Waals surface area (Å²) >= 11 is 6.98. The maximum Gasteiger partial charge on any atom is 0.252 e. The highest BCUT2D eigenvalue weighted by Gasteiger charge is 2.26. The molecule has 7 heteroatoms. The van der Waals surface area contributed by atoms with E-state index in [0.717, 1.165) is 16.9 Å². The first-order valence-corrected chi connectivity index (χ1v) is 9.47. The molecular weight excluding hydrogens is 340 g/mol. The Morgan fingerprint density at radius 1 is 1.05 bits per heavy atom. The molecule has 0 amide bonds. The Morgan fingerprint density at radius 3 is 2.27 bits per heavy atom. The summed E-state index contributed by atoms with van der Waals surface area (Å²) < 4.78 is 27.9. The highest BCUT2D eigenvalue weighted by atomic mass is 35.5. The van der Waals surface area contributed by atoms with E-state index >= 15 is 0 Å². The molecule has 1 aromatic heterocycles. The lowest BCUT2D eigenvalue weighted by Gasteiger charge is -2.23. The number of sulfonamides is 1. The van der Waals surface area contributed by atoms with Gasteiger partial charge in [-0.25, -0.2) is 8.42 Å². The van der Waals surface area contributed by atoms with Gasteiger partial charge in [0.2, 0.25) is 0 Å². The van der Waals surface area contributed by atoms with Crippen molar-refractivity contribution in [1.82, 2.24) is 9.21 Å². The lowest BCUT2D eigenvalue weighted by Crippen LogP contribution is -2.35. The molecule has 0 bridgehead atoms. The van der Waals surface area contributed by atoms with Gasteiger partial charge in [0.05, 0.1) is 4.34 Å². The molecule has 1 aromatic carbocycles. The first kappa shape index (κ1) is 17.4. The van der Waals surface area contributed by atoms with Gasteiger partial charge in [0.1, 0.15) is 4.21 Å². The molecule has 0 atom stereocenters. The Labute approximate surface area is 141 Å². The first-order valence-electron chi connectivity index (χ1n) is 6.84. The zero-order valence-electron chi connectivity index (χ0n) is 12.6. The van der Waals surface area contributed by atoms with Gasteiger partial charge in [0, 0.05) is 19.6 Å². The number of likely N-dealkylation sites (N-methyl/N-ethyl adjacent to an activating group) is 1. The highest BCUT2D eigenvalue weighted by molar-refractivity contribution is 7.91. The lowest BCUT2D eigenvalue weighted by molar-refractivity contribution is 0.330. The standard InChI is InChI=1S/C15H19ClN2O2S2/c1-17(2)10-11-18(12-13-6-4-3-5-7-13)22(19,20)15-9-8-14(16)21-15/h3-9H,10-12H2,1-2H3. The summed E-state index contributed by atoms with van der Waals surface area (Å²) in [6.45, 7) is 1.44. The van der Waals surface area contributed by atoms with E-state index in [1.54, 1.807) is 12.1 Å². The minimum absolute atomic E-state index is 0.284. The third-order valence-electron chi connectivity index (χ3n) is 3.14. The van der Waals surface area contributed by atoms with Crippen molar-refractivity contribution in [2.24, 2.45) is 0 Å². The third kappa shape index (κ3) is 4.54. The van der Waals surface area contributed by atoms with E-state index in [-0.39, 0.29) is 4.21 Å². The zero-order valence-corrected chi connectivity index (χ0v) is 15.0. The van der Waals surface area contributed by atoms with Gasteiger partial charge in [0.15, 0.2) is 0 Å². The molecule has 2 rings (SSSR count). The smallest absolute Gasteiger partial charge is 0.252 e. The van der Waals surface area contributed by atoms with Crippen molar-refractivity contribution < 1.29 is 8.42 Å². The Bertz CT molecular complexity index is 699. The molecule has 4 nitrogen and oxygen atoms in total. The molecule has 22 heavy (non-hydrogen) atoms. The van der Waals surface area contributed by atoms with Crippen LogP contribution in [0.5, 0.6) is 0 Å². The fourth-order valence-electron chi connectivity index (χ4n) is 1.95. The van der Waals surface area contributed by atoms with Gasteiger partial charge in [-0.1, -0.05) is 41.9 Å². The number of hydrogen-bond donors (Lipinski definition) is 0.